The highest BCUT2D eigenvalue weighted by Crippen LogP contribution is 2.36. The smallest absolute Gasteiger partial charge is 0.320 e. The Labute approximate surface area is 199 Å². The fourth-order valence-electron chi connectivity index (χ4n) is 1.85. The number of aliphatic carboxylic acids is 1. The minimum absolute atomic E-state index is 0.0579. The van der Waals surface area contributed by atoms with Gasteiger partial charge >= 0.3 is 5.97 Å². The summed E-state index contributed by atoms with van der Waals surface area (Å²) in [6.07, 6.45) is 0.0579. The Bertz CT molecular complexity index is 841. The van der Waals surface area contributed by atoms with Gasteiger partial charge in [0.25, 0.3) is 2.86 Å². The molecule has 0 heterocycles. The molecule has 0 aromatic heterocycles. The van der Waals surface area contributed by atoms with E-state index in [2.05, 4.69) is 101 Å². The summed E-state index contributed by atoms with van der Waals surface area (Å²) in [6, 6.07) is 5.93. The number of aromatic hydroxyl groups is 1. The first kappa shape index (κ1) is 15.4. The molecule has 2 aromatic rings. The van der Waals surface area contributed by atoms with Gasteiger partial charge in [-0.15, -0.1) is 0 Å². The number of phenolic OH excluding ortho intramolecular Hbond substituents is 1. The van der Waals surface area contributed by atoms with Gasteiger partial charge in [0.1, 0.15) is 20.4 Å². The van der Waals surface area contributed by atoms with E-state index >= 15 is 0 Å². The van der Waals surface area contributed by atoms with Crippen LogP contribution in [0.15, 0.2) is 24.3 Å². The van der Waals surface area contributed by atoms with Crippen LogP contribution in [0.4, 0.5) is 0 Å². The predicted octanol–water partition coefficient (Wildman–Crippen LogP) is 4.56. The van der Waals surface area contributed by atoms with Crippen molar-refractivity contribution < 1.29 is 22.6 Å². The van der Waals surface area contributed by atoms with Gasteiger partial charge in [-0.05, 0) is 127 Å². The molecule has 1 atom stereocenters. The van der Waals surface area contributed by atoms with Crippen LogP contribution >= 0.6 is 90.4 Å². The van der Waals surface area contributed by atoms with E-state index in [4.69, 9.17) is 10.4 Å². The second kappa shape index (κ2) is 8.85. The Balaban J connectivity index is 2.30. The highest BCUT2D eigenvalue weighted by atomic mass is 127. The molecule has 0 aliphatic carbocycles. The Morgan fingerprint density at radius 2 is 1.79 bits per heavy atom. The number of rotatable bonds is 7. The molecule has 0 fully saturated rings. The van der Waals surface area contributed by atoms with E-state index in [0.29, 0.717) is 22.8 Å². The van der Waals surface area contributed by atoms with Crippen molar-refractivity contribution in [2.45, 2.75) is 12.5 Å². The van der Waals surface area contributed by atoms with E-state index in [-0.39, 0.29) is 12.1 Å². The van der Waals surface area contributed by atoms with Crippen molar-refractivity contribution in [1.29, 1.82) is 2.86 Å². The molecule has 2 aromatic carbocycles. The zero-order valence-electron chi connectivity index (χ0n) is 15.7. The molecule has 0 spiro atoms. The van der Waals surface area contributed by atoms with Gasteiger partial charge < -0.3 is 20.7 Å². The molecule has 0 unspecified atom stereocenters. The highest BCUT2D eigenvalue weighted by Gasteiger charge is 2.16. The number of halogens is 4. The number of carboxylic acids is 1. The molecule has 0 saturated carbocycles. The molecule has 24 heavy (non-hydrogen) atoms. The highest BCUT2D eigenvalue weighted by molar-refractivity contribution is 14.1. The van der Waals surface area contributed by atoms with Crippen LogP contribution in [0, 0.1) is 14.3 Å². The first-order valence-electron chi connectivity index (χ1n) is 8.11. The number of ether oxygens (including phenoxy) is 1. The Morgan fingerprint density at radius 3 is 2.29 bits per heavy atom. The zero-order valence-corrected chi connectivity index (χ0v) is 20.3. The lowest BCUT2D eigenvalue weighted by atomic mass is 10.1. The molecular weight excluding hydrogens is 766 g/mol. The minimum atomic E-state index is -1.20. The third-order valence-corrected chi connectivity index (χ3v) is 6.16. The van der Waals surface area contributed by atoms with E-state index in [1.54, 1.807) is 24.3 Å². The lowest BCUT2D eigenvalue weighted by Gasteiger charge is -2.14. The standard InChI is InChI=1S/C15H11I4NO4/c16-8-4-7(5-9(17)13(8)21)24-14-10(18)1-6(2-11(14)19)3-12(20)15(22)23/h1-2,4-5,12,21H,3,20H2,(H,22,23)/t12-/m0/s1/i/hD4. The Hall–Kier alpha value is 0.390. The topological polar surface area (TPSA) is 92.8 Å². The average molecular weight is 781 g/mol. The normalized spacial score (nSPS) is 14.2. The number of nitrogens with two attached hydrogens (primary N) is 1. The second-order valence-electron chi connectivity index (χ2n) is 4.75. The fourth-order valence-corrected chi connectivity index (χ4v) is 5.68. The van der Waals surface area contributed by atoms with Gasteiger partial charge in [0.2, 0.25) is 0 Å². The van der Waals surface area contributed by atoms with Crippen LogP contribution in [0.3, 0.4) is 0 Å². The number of benzene rings is 2. The minimum Gasteiger partial charge on any atom is -0.506 e. The molecule has 0 radical (unpaired) electrons. The summed E-state index contributed by atoms with van der Waals surface area (Å²) in [6.45, 7) is 0. The van der Waals surface area contributed by atoms with Crippen LogP contribution in [0.2, 0.25) is 2.82 Å². The van der Waals surface area contributed by atoms with Crippen molar-refractivity contribution >= 4 is 96.3 Å². The molecule has 128 valence electrons. The van der Waals surface area contributed by atoms with Gasteiger partial charge in [0.05, 0.1) is 14.3 Å². The lowest BCUT2D eigenvalue weighted by Crippen LogP contribution is -2.32. The first-order valence-corrected chi connectivity index (χ1v) is 10.7. The number of hydrogen-bond donors (Lipinski definition) is 3. The third kappa shape index (κ3) is 5.20. The number of phenols is 1. The van der Waals surface area contributed by atoms with Crippen molar-refractivity contribution in [3.8, 4) is 17.2 Å². The summed E-state index contributed by atoms with van der Waals surface area (Å²) in [5, 5.41) is 8.55. The largest absolute Gasteiger partial charge is 0.506 e. The maximum Gasteiger partial charge on any atom is 0.320 e. The van der Waals surface area contributed by atoms with Crippen molar-refractivity contribution in [3.63, 3.8) is 0 Å². The van der Waals surface area contributed by atoms with E-state index < -0.39 is 12.0 Å². The molecule has 9 heteroatoms. The molecule has 4 N–H and O–H groups in total. The summed E-state index contributed by atoms with van der Waals surface area (Å²) in [4.78, 5) is 11.6. The van der Waals surface area contributed by atoms with Gasteiger partial charge in [-0.3, -0.25) is 4.79 Å². The van der Waals surface area contributed by atoms with Crippen LogP contribution in [0.25, 0.3) is 1.43 Å². The summed E-state index contributed by atoms with van der Waals surface area (Å²) < 4.78 is 37.6. The van der Waals surface area contributed by atoms with Gasteiger partial charge in [0, 0.05) is 0 Å². The SMILES string of the molecule is [2H]OC(=O)[C@H](Cc1cc(I)c(Oc2cc(I)c(O[2H])c(I)c2)c(I)c1)N([2H])[2H]. The van der Waals surface area contributed by atoms with E-state index in [9.17, 15) is 4.79 Å². The lowest BCUT2D eigenvalue weighted by molar-refractivity contribution is -0.138. The zero-order chi connectivity index (χ0) is 21.0. The number of carboxylic acid groups (broad SMARTS) is 1. The van der Waals surface area contributed by atoms with Crippen LogP contribution < -0.4 is 10.5 Å². The predicted molar refractivity (Wildman–Crippen MR) is 125 cm³/mol. The van der Waals surface area contributed by atoms with Crippen molar-refractivity contribution in [2.24, 2.45) is 5.72 Å². The van der Waals surface area contributed by atoms with Crippen molar-refractivity contribution in [1.82, 2.24) is 0 Å². The Morgan fingerprint density at radius 1 is 1.17 bits per heavy atom. The molecule has 0 aliphatic rings. The molecular formula is C15H11I4NO4. The summed E-state index contributed by atoms with van der Waals surface area (Å²) in [5.74, 6) is 0.730. The van der Waals surface area contributed by atoms with Gasteiger partial charge in [-0.25, -0.2) is 0 Å². The summed E-state index contributed by atoms with van der Waals surface area (Å²) >= 11 is 8.37. The van der Waals surface area contributed by atoms with Gasteiger partial charge in [-0.1, -0.05) is 0 Å². The Kier molecular flexibility index (Phi) is 5.70. The van der Waals surface area contributed by atoms with Crippen LogP contribution in [0.5, 0.6) is 17.2 Å². The molecule has 0 amide bonds. The molecule has 0 saturated heterocycles. The molecule has 5 nitrogen and oxygen atoms in total. The fraction of sp³-hybridized carbons (Fsp3) is 0.133. The molecule has 0 aliphatic heterocycles. The van der Waals surface area contributed by atoms with E-state index in [1.807, 2.05) is 0 Å². The third-order valence-electron chi connectivity index (χ3n) is 2.95. The molecule has 0 bridgehead atoms. The van der Waals surface area contributed by atoms with E-state index in [0.717, 1.165) is 14.3 Å². The van der Waals surface area contributed by atoms with Gasteiger partial charge in [-0.2, -0.15) is 0 Å². The number of hydrogen-bond acceptors (Lipinski definition) is 5. The monoisotopic (exact) mass is 781 g/mol. The van der Waals surface area contributed by atoms with Gasteiger partial charge in [0.15, 0.2) is 5.75 Å². The quantitative estimate of drug-likeness (QED) is 0.359. The maximum absolute atomic E-state index is 11.6. The van der Waals surface area contributed by atoms with Crippen molar-refractivity contribution in [3.05, 3.63) is 44.1 Å². The molecule has 2 rings (SSSR count). The average Bonchev–Trinajstić information content (AvgIpc) is 2.61. The summed E-state index contributed by atoms with van der Waals surface area (Å²) in [5.41, 5.74) is 0.948. The second-order valence-corrected chi connectivity index (χ2v) is 9.39. The first-order chi connectivity index (χ1) is 13.2. The van der Waals surface area contributed by atoms with Crippen LogP contribution in [0.1, 0.15) is 5.56 Å². The van der Waals surface area contributed by atoms with Crippen molar-refractivity contribution in [2.75, 3.05) is 0 Å². The van der Waals surface area contributed by atoms with E-state index in [1.165, 1.54) is 0 Å². The number of carbonyl (C=O) groups is 1. The van der Waals surface area contributed by atoms with Crippen LogP contribution in [-0.2, 0) is 11.2 Å². The maximum atomic E-state index is 11.6. The summed E-state index contributed by atoms with van der Waals surface area (Å²) in [7, 11) is 0. The van der Waals surface area contributed by atoms with Crippen LogP contribution in [-0.4, -0.2) is 23.7 Å².